The number of amides is 2. The fourth-order valence-electron chi connectivity index (χ4n) is 3.72. The number of hydrogen-bond donors (Lipinski definition) is 0. The first-order chi connectivity index (χ1) is 15.0. The maximum Gasteiger partial charge on any atom is 0.338 e. The maximum absolute atomic E-state index is 13.1. The molecular weight excluding hydrogens is 396 g/mol. The van der Waals surface area contributed by atoms with Gasteiger partial charge in [-0.15, -0.1) is 0 Å². The normalized spacial score (nSPS) is 13.0. The number of nitrogens with zero attached hydrogens (tertiary/aromatic N) is 2. The molecule has 4 aromatic rings. The van der Waals surface area contributed by atoms with Crippen LogP contribution in [-0.2, 0) is 11.3 Å². The summed E-state index contributed by atoms with van der Waals surface area (Å²) in [6.07, 6.45) is 0. The highest BCUT2D eigenvalue weighted by Crippen LogP contribution is 2.32. The fourth-order valence-corrected chi connectivity index (χ4v) is 3.72. The Balaban J connectivity index is 1.40. The summed E-state index contributed by atoms with van der Waals surface area (Å²) in [5.41, 5.74) is 2.13. The number of aryl methyl sites for hydroxylation is 1. The highest BCUT2D eigenvalue weighted by molar-refractivity contribution is 6.35. The van der Waals surface area contributed by atoms with Gasteiger partial charge in [-0.05, 0) is 48.7 Å². The molecule has 0 saturated heterocycles. The van der Waals surface area contributed by atoms with Crippen molar-refractivity contribution >= 4 is 34.2 Å². The minimum absolute atomic E-state index is 0.0121. The average Bonchev–Trinajstić information content (AvgIpc) is 3.21. The number of aromatic nitrogens is 1. The Kier molecular flexibility index (Phi) is 4.36. The first-order valence-corrected chi connectivity index (χ1v) is 9.63. The van der Waals surface area contributed by atoms with Crippen LogP contribution in [-0.4, -0.2) is 22.9 Å². The molecule has 0 spiro atoms. The lowest BCUT2D eigenvalue weighted by atomic mass is 9.94. The van der Waals surface area contributed by atoms with Gasteiger partial charge in [-0.2, -0.15) is 0 Å². The van der Waals surface area contributed by atoms with Crippen molar-refractivity contribution < 1.29 is 23.6 Å². The number of esters is 1. The molecule has 3 aromatic carbocycles. The summed E-state index contributed by atoms with van der Waals surface area (Å²) in [4.78, 5) is 39.6. The van der Waals surface area contributed by atoms with Crippen LogP contribution in [0, 0.1) is 6.92 Å². The minimum Gasteiger partial charge on any atom is -0.455 e. The number of benzene rings is 3. The number of ether oxygens (including phenoxy) is 1. The molecule has 5 rings (SSSR count). The molecule has 7 heteroatoms. The average molecular weight is 412 g/mol. The number of hydrogen-bond acceptors (Lipinski definition) is 6. The van der Waals surface area contributed by atoms with E-state index in [1.54, 1.807) is 49.4 Å². The topological polar surface area (TPSA) is 89.7 Å². The highest BCUT2D eigenvalue weighted by Gasteiger charge is 2.33. The molecule has 0 atom stereocenters. The largest absolute Gasteiger partial charge is 0.455 e. The third-order valence-electron chi connectivity index (χ3n) is 5.16. The molecule has 0 saturated carbocycles. The molecule has 1 aliphatic heterocycles. The lowest BCUT2D eigenvalue weighted by Crippen LogP contribution is -2.40. The smallest absolute Gasteiger partial charge is 0.338 e. The number of carbonyl (C=O) groups excluding carboxylic acids is 3. The van der Waals surface area contributed by atoms with E-state index in [1.165, 1.54) is 12.1 Å². The van der Waals surface area contributed by atoms with E-state index in [0.29, 0.717) is 39.2 Å². The van der Waals surface area contributed by atoms with Gasteiger partial charge >= 0.3 is 5.97 Å². The predicted octanol–water partition coefficient (Wildman–Crippen LogP) is 4.29. The van der Waals surface area contributed by atoms with E-state index in [-0.39, 0.29) is 6.61 Å². The van der Waals surface area contributed by atoms with Gasteiger partial charge in [-0.3, -0.25) is 9.59 Å². The van der Waals surface area contributed by atoms with E-state index in [1.807, 2.05) is 12.1 Å². The summed E-state index contributed by atoms with van der Waals surface area (Å²) >= 11 is 0. The van der Waals surface area contributed by atoms with Gasteiger partial charge in [0.25, 0.3) is 11.8 Å². The fraction of sp³-hybridized carbons (Fsp3) is 0.0833. The second-order valence-corrected chi connectivity index (χ2v) is 7.21. The minimum atomic E-state index is -0.543. The summed E-state index contributed by atoms with van der Waals surface area (Å²) in [7, 11) is 0. The summed E-state index contributed by atoms with van der Waals surface area (Å²) in [5, 5.41) is 5.28. The summed E-state index contributed by atoms with van der Waals surface area (Å²) < 4.78 is 10.2. The second kappa shape index (κ2) is 7.21. The summed E-state index contributed by atoms with van der Waals surface area (Å²) in [6.45, 7) is 1.74. The highest BCUT2D eigenvalue weighted by atomic mass is 16.5. The predicted molar refractivity (Wildman–Crippen MR) is 112 cm³/mol. The number of imide groups is 1. The standard InChI is InChI=1S/C24H16N2O5/c1-14-12-17(25-31-14)13-30-24(29)16-8-10-18(11-9-16)26-22(27)19-6-2-4-15-5-3-7-20(21(15)19)23(26)28/h2-12H,13H2,1H3. The Morgan fingerprint density at radius 2 is 1.61 bits per heavy atom. The Morgan fingerprint density at radius 1 is 0.968 bits per heavy atom. The molecule has 0 aliphatic carbocycles. The molecule has 7 nitrogen and oxygen atoms in total. The Labute approximate surface area is 176 Å². The third-order valence-corrected chi connectivity index (χ3v) is 5.16. The van der Waals surface area contributed by atoms with E-state index in [2.05, 4.69) is 5.16 Å². The summed E-state index contributed by atoms with van der Waals surface area (Å²) in [6, 6.07) is 18.6. The molecule has 0 unspecified atom stereocenters. The van der Waals surface area contributed by atoms with Crippen molar-refractivity contribution in [1.29, 1.82) is 0 Å². The van der Waals surface area contributed by atoms with Crippen molar-refractivity contribution in [2.45, 2.75) is 13.5 Å². The first-order valence-electron chi connectivity index (χ1n) is 9.63. The lowest BCUT2D eigenvalue weighted by Gasteiger charge is -2.27. The van der Waals surface area contributed by atoms with Crippen LogP contribution in [0.4, 0.5) is 5.69 Å². The molecule has 2 amide bonds. The number of anilines is 1. The quantitative estimate of drug-likeness (QED) is 0.367. The zero-order chi connectivity index (χ0) is 21.5. The van der Waals surface area contributed by atoms with Gasteiger partial charge in [0.2, 0.25) is 0 Å². The van der Waals surface area contributed by atoms with Crippen LogP contribution in [0.5, 0.6) is 0 Å². The van der Waals surface area contributed by atoms with E-state index in [4.69, 9.17) is 9.26 Å². The third kappa shape index (κ3) is 3.16. The Hall–Kier alpha value is -4.26. The monoisotopic (exact) mass is 412 g/mol. The van der Waals surface area contributed by atoms with Gasteiger partial charge in [0.15, 0.2) is 0 Å². The van der Waals surface area contributed by atoms with Crippen molar-refractivity contribution in [3.8, 4) is 0 Å². The second-order valence-electron chi connectivity index (χ2n) is 7.21. The van der Waals surface area contributed by atoms with Crippen molar-refractivity contribution in [3.05, 3.63) is 94.9 Å². The molecule has 0 N–H and O–H groups in total. The molecule has 0 fully saturated rings. The van der Waals surface area contributed by atoms with Gasteiger partial charge in [-0.25, -0.2) is 9.69 Å². The van der Waals surface area contributed by atoms with E-state index in [0.717, 1.165) is 10.3 Å². The van der Waals surface area contributed by atoms with Crippen molar-refractivity contribution in [2.75, 3.05) is 4.90 Å². The van der Waals surface area contributed by atoms with Crippen LogP contribution < -0.4 is 4.90 Å². The van der Waals surface area contributed by atoms with Crippen molar-refractivity contribution in [1.82, 2.24) is 5.16 Å². The maximum atomic E-state index is 13.1. The van der Waals surface area contributed by atoms with Gasteiger partial charge in [0.1, 0.15) is 18.1 Å². The number of rotatable bonds is 4. The first kappa shape index (κ1) is 18.7. The van der Waals surface area contributed by atoms with Crippen LogP contribution in [0.25, 0.3) is 10.8 Å². The van der Waals surface area contributed by atoms with Crippen LogP contribution in [0.2, 0.25) is 0 Å². The number of carbonyl (C=O) groups is 3. The van der Waals surface area contributed by atoms with Gasteiger partial charge < -0.3 is 9.26 Å². The SMILES string of the molecule is Cc1cc(COC(=O)c2ccc(N3C(=O)c4cccc5cccc(c45)C3=O)cc2)no1. The summed E-state index contributed by atoms with van der Waals surface area (Å²) in [5.74, 6) is -0.709. The van der Waals surface area contributed by atoms with Gasteiger partial charge in [0.05, 0.1) is 11.3 Å². The molecule has 2 heterocycles. The van der Waals surface area contributed by atoms with Crippen molar-refractivity contribution in [2.24, 2.45) is 0 Å². The van der Waals surface area contributed by atoms with Crippen LogP contribution in [0.3, 0.4) is 0 Å². The molecule has 1 aromatic heterocycles. The lowest BCUT2D eigenvalue weighted by molar-refractivity contribution is 0.0464. The zero-order valence-electron chi connectivity index (χ0n) is 16.5. The van der Waals surface area contributed by atoms with Crippen LogP contribution in [0.1, 0.15) is 42.5 Å². The van der Waals surface area contributed by atoms with Gasteiger partial charge in [0, 0.05) is 22.6 Å². The Morgan fingerprint density at radius 3 is 2.19 bits per heavy atom. The molecular formula is C24H16N2O5. The van der Waals surface area contributed by atoms with Crippen LogP contribution >= 0.6 is 0 Å². The van der Waals surface area contributed by atoms with Crippen LogP contribution in [0.15, 0.2) is 71.3 Å². The Bertz CT molecular complexity index is 1300. The van der Waals surface area contributed by atoms with E-state index >= 15 is 0 Å². The molecule has 152 valence electrons. The van der Waals surface area contributed by atoms with E-state index < -0.39 is 17.8 Å². The molecule has 0 radical (unpaired) electrons. The molecule has 0 bridgehead atoms. The molecule has 31 heavy (non-hydrogen) atoms. The van der Waals surface area contributed by atoms with Gasteiger partial charge in [-0.1, -0.05) is 29.4 Å². The molecule has 1 aliphatic rings. The zero-order valence-corrected chi connectivity index (χ0v) is 16.5. The van der Waals surface area contributed by atoms with Crippen molar-refractivity contribution in [3.63, 3.8) is 0 Å². The van der Waals surface area contributed by atoms with E-state index in [9.17, 15) is 14.4 Å².